The highest BCUT2D eigenvalue weighted by Gasteiger charge is 2.13. The van der Waals surface area contributed by atoms with Crippen molar-refractivity contribution >= 4 is 5.91 Å². The highest BCUT2D eigenvalue weighted by molar-refractivity contribution is 5.94. The first-order valence-corrected chi connectivity index (χ1v) is 8.76. The minimum Gasteiger partial charge on any atom is -0.489 e. The number of amides is 1. The molecule has 0 unspecified atom stereocenters. The van der Waals surface area contributed by atoms with Crippen molar-refractivity contribution in [1.29, 1.82) is 5.26 Å². The quantitative estimate of drug-likeness (QED) is 0.768. The van der Waals surface area contributed by atoms with Gasteiger partial charge < -0.3 is 9.64 Å². The zero-order chi connectivity index (χ0) is 19.2. The van der Waals surface area contributed by atoms with Crippen LogP contribution in [0.1, 0.15) is 48.7 Å². The number of hydrogen-bond acceptors (Lipinski definition) is 3. The smallest absolute Gasteiger partial charge is 0.253 e. The summed E-state index contributed by atoms with van der Waals surface area (Å²) in [7, 11) is 1.71. The molecule has 0 spiro atoms. The molecule has 2 rings (SSSR count). The van der Waals surface area contributed by atoms with Crippen LogP contribution in [-0.2, 0) is 12.0 Å². The number of benzene rings is 2. The summed E-state index contributed by atoms with van der Waals surface area (Å²) in [6.45, 7) is 7.44. The van der Waals surface area contributed by atoms with E-state index >= 15 is 0 Å². The van der Waals surface area contributed by atoms with E-state index < -0.39 is 0 Å². The van der Waals surface area contributed by atoms with Gasteiger partial charge in [0.25, 0.3) is 5.91 Å². The number of carbonyl (C=O) groups is 1. The molecule has 0 saturated carbocycles. The van der Waals surface area contributed by atoms with Gasteiger partial charge >= 0.3 is 0 Å². The van der Waals surface area contributed by atoms with Crippen molar-refractivity contribution in [1.82, 2.24) is 4.90 Å². The summed E-state index contributed by atoms with van der Waals surface area (Å²) in [5.74, 6) is 0.750. The second-order valence-corrected chi connectivity index (χ2v) is 7.39. The van der Waals surface area contributed by atoms with Crippen LogP contribution in [0.15, 0.2) is 48.5 Å². The molecule has 4 nitrogen and oxygen atoms in total. The lowest BCUT2D eigenvalue weighted by atomic mass is 9.87. The van der Waals surface area contributed by atoms with Gasteiger partial charge in [-0.15, -0.1) is 0 Å². The van der Waals surface area contributed by atoms with Gasteiger partial charge in [-0.05, 0) is 40.8 Å². The number of nitrogens with zero attached hydrogens (tertiary/aromatic N) is 2. The molecule has 0 aromatic heterocycles. The first-order valence-electron chi connectivity index (χ1n) is 8.76. The molecular formula is C22H26N2O2. The third-order valence-electron chi connectivity index (χ3n) is 4.23. The van der Waals surface area contributed by atoms with Crippen LogP contribution in [0.5, 0.6) is 5.75 Å². The van der Waals surface area contributed by atoms with E-state index in [2.05, 4.69) is 32.9 Å². The highest BCUT2D eigenvalue weighted by Crippen LogP contribution is 2.24. The molecule has 0 N–H and O–H groups in total. The molecule has 0 aliphatic rings. The van der Waals surface area contributed by atoms with Crippen LogP contribution in [0.2, 0.25) is 0 Å². The van der Waals surface area contributed by atoms with Gasteiger partial charge in [0, 0.05) is 19.2 Å². The van der Waals surface area contributed by atoms with Gasteiger partial charge in [0.05, 0.1) is 12.5 Å². The Hall–Kier alpha value is -2.80. The second-order valence-electron chi connectivity index (χ2n) is 7.39. The molecule has 0 saturated heterocycles. The Kier molecular flexibility index (Phi) is 6.41. The lowest BCUT2D eigenvalue weighted by Gasteiger charge is -2.19. The first-order chi connectivity index (χ1) is 12.3. The first kappa shape index (κ1) is 19.5. The maximum atomic E-state index is 12.2. The fraction of sp³-hybridized carbons (Fsp3) is 0.364. The van der Waals surface area contributed by atoms with Crippen LogP contribution >= 0.6 is 0 Å². The van der Waals surface area contributed by atoms with Gasteiger partial charge in [-0.1, -0.05) is 45.0 Å². The van der Waals surface area contributed by atoms with Crippen molar-refractivity contribution in [2.45, 2.75) is 39.2 Å². The summed E-state index contributed by atoms with van der Waals surface area (Å²) < 4.78 is 5.83. The van der Waals surface area contributed by atoms with Gasteiger partial charge in [-0.2, -0.15) is 5.26 Å². The van der Waals surface area contributed by atoms with Crippen molar-refractivity contribution in [3.63, 3.8) is 0 Å². The minimum absolute atomic E-state index is 0.0783. The van der Waals surface area contributed by atoms with Crippen LogP contribution < -0.4 is 4.74 Å². The summed E-state index contributed by atoms with van der Waals surface area (Å²) in [6.07, 6.45) is 0.335. The standard InChI is InChI=1S/C22H26N2O2/c1-22(2,3)19-10-12-20(13-11-19)26-16-17-6-8-18(9-7-17)21(25)24(4)15-5-14-23/h6-13H,5,15-16H2,1-4H3. The van der Waals surface area contributed by atoms with Crippen LogP contribution in [0.3, 0.4) is 0 Å². The Bertz CT molecular complexity index is 766. The number of hydrogen-bond donors (Lipinski definition) is 0. The molecule has 1 amide bonds. The molecule has 0 aliphatic carbocycles. The summed E-state index contributed by atoms with van der Waals surface area (Å²) in [6, 6.07) is 17.6. The Balaban J connectivity index is 1.93. The van der Waals surface area contributed by atoms with Gasteiger partial charge in [0.1, 0.15) is 12.4 Å². The Labute approximate surface area is 156 Å². The molecule has 0 atom stereocenters. The summed E-state index contributed by atoms with van der Waals surface area (Å²) >= 11 is 0. The number of nitriles is 1. The number of carbonyl (C=O) groups excluding carboxylic acids is 1. The van der Waals surface area contributed by atoms with Gasteiger partial charge in [-0.25, -0.2) is 0 Å². The molecule has 2 aromatic rings. The van der Waals surface area contributed by atoms with Crippen LogP contribution in [0.4, 0.5) is 0 Å². The molecule has 0 heterocycles. The van der Waals surface area contributed by atoms with Crippen molar-refractivity contribution in [2.24, 2.45) is 0 Å². The molecule has 0 bridgehead atoms. The van der Waals surface area contributed by atoms with E-state index in [1.165, 1.54) is 5.56 Å². The summed E-state index contributed by atoms with van der Waals surface area (Å²) in [4.78, 5) is 13.8. The third-order valence-corrected chi connectivity index (χ3v) is 4.23. The van der Waals surface area contributed by atoms with Crippen molar-refractivity contribution in [2.75, 3.05) is 13.6 Å². The largest absolute Gasteiger partial charge is 0.489 e. The van der Waals surface area contributed by atoms with Crippen LogP contribution in [0, 0.1) is 11.3 Å². The van der Waals surface area contributed by atoms with E-state index in [9.17, 15) is 4.79 Å². The van der Waals surface area contributed by atoms with Crippen LogP contribution in [-0.4, -0.2) is 24.4 Å². The molecule has 4 heteroatoms. The zero-order valence-corrected chi connectivity index (χ0v) is 16.0. The lowest BCUT2D eigenvalue weighted by Crippen LogP contribution is -2.27. The maximum Gasteiger partial charge on any atom is 0.253 e. The molecule has 0 aliphatic heterocycles. The third kappa shape index (κ3) is 5.35. The van der Waals surface area contributed by atoms with Gasteiger partial charge in [0.15, 0.2) is 0 Å². The topological polar surface area (TPSA) is 53.3 Å². The average molecular weight is 350 g/mol. The zero-order valence-electron chi connectivity index (χ0n) is 16.0. The van der Waals surface area contributed by atoms with Crippen LogP contribution in [0.25, 0.3) is 0 Å². The summed E-state index contributed by atoms with van der Waals surface area (Å²) in [5, 5.41) is 8.61. The van der Waals surface area contributed by atoms with Gasteiger partial charge in [-0.3, -0.25) is 4.79 Å². The van der Waals surface area contributed by atoms with E-state index in [1.807, 2.05) is 30.3 Å². The van der Waals surface area contributed by atoms with Crippen molar-refractivity contribution in [3.05, 3.63) is 65.2 Å². The molecule has 0 fully saturated rings. The minimum atomic E-state index is -0.0783. The number of rotatable bonds is 6. The fourth-order valence-electron chi connectivity index (χ4n) is 2.50. The Morgan fingerprint density at radius 3 is 2.23 bits per heavy atom. The van der Waals surface area contributed by atoms with E-state index in [4.69, 9.17) is 10.00 Å². The van der Waals surface area contributed by atoms with E-state index in [-0.39, 0.29) is 11.3 Å². The predicted molar refractivity (Wildman–Crippen MR) is 103 cm³/mol. The lowest BCUT2D eigenvalue weighted by molar-refractivity contribution is 0.0798. The Morgan fingerprint density at radius 2 is 1.69 bits per heavy atom. The van der Waals surface area contributed by atoms with E-state index in [0.717, 1.165) is 11.3 Å². The Morgan fingerprint density at radius 1 is 1.08 bits per heavy atom. The van der Waals surface area contributed by atoms with E-state index in [1.54, 1.807) is 24.1 Å². The normalized spacial score (nSPS) is 10.9. The van der Waals surface area contributed by atoms with Crippen molar-refractivity contribution in [3.8, 4) is 11.8 Å². The highest BCUT2D eigenvalue weighted by atomic mass is 16.5. The van der Waals surface area contributed by atoms with E-state index in [0.29, 0.717) is 25.1 Å². The molecule has 0 radical (unpaired) electrons. The molecule has 26 heavy (non-hydrogen) atoms. The van der Waals surface area contributed by atoms with Crippen molar-refractivity contribution < 1.29 is 9.53 Å². The second kappa shape index (κ2) is 8.53. The molecular weight excluding hydrogens is 324 g/mol. The molecule has 136 valence electrons. The predicted octanol–water partition coefficient (Wildman–Crippen LogP) is 4.55. The average Bonchev–Trinajstić information content (AvgIpc) is 2.64. The number of ether oxygens (including phenoxy) is 1. The fourth-order valence-corrected chi connectivity index (χ4v) is 2.50. The SMILES string of the molecule is CN(CCC#N)C(=O)c1ccc(COc2ccc(C(C)(C)C)cc2)cc1. The monoisotopic (exact) mass is 350 g/mol. The summed E-state index contributed by atoms with van der Waals surface area (Å²) in [5.41, 5.74) is 3.01. The molecule has 2 aromatic carbocycles. The van der Waals surface area contributed by atoms with Gasteiger partial charge in [0.2, 0.25) is 0 Å². The maximum absolute atomic E-state index is 12.2.